The van der Waals surface area contributed by atoms with Crippen molar-refractivity contribution in [3.05, 3.63) is 47.5 Å². The minimum absolute atomic E-state index is 0.294. The van der Waals surface area contributed by atoms with Crippen LogP contribution < -0.4 is 5.32 Å². The average molecular weight is 273 g/mol. The number of alkyl halides is 3. The van der Waals surface area contributed by atoms with Crippen LogP contribution in [-0.4, -0.2) is 16.1 Å². The molecule has 1 heterocycles. The zero-order valence-corrected chi connectivity index (χ0v) is 9.25. The van der Waals surface area contributed by atoms with E-state index in [1.807, 2.05) is 0 Å². The maximum absolute atomic E-state index is 13.0. The second kappa shape index (κ2) is 4.71. The van der Waals surface area contributed by atoms with Crippen molar-refractivity contribution < 1.29 is 22.4 Å². The Bertz CT molecular complexity index is 592. The normalized spacial score (nSPS) is 11.4. The predicted molar refractivity (Wildman–Crippen MR) is 57.9 cm³/mol. The number of nitrogens with one attached hydrogen (secondary N) is 2. The number of benzene rings is 1. The molecular formula is C11H7F4N3O. The zero-order valence-electron chi connectivity index (χ0n) is 9.25. The van der Waals surface area contributed by atoms with Crippen molar-refractivity contribution >= 4 is 11.6 Å². The molecule has 100 valence electrons. The van der Waals surface area contributed by atoms with Crippen molar-refractivity contribution in [3.63, 3.8) is 0 Å². The van der Waals surface area contributed by atoms with Gasteiger partial charge in [0.25, 0.3) is 5.91 Å². The van der Waals surface area contributed by atoms with E-state index < -0.39 is 23.5 Å². The van der Waals surface area contributed by atoms with Gasteiger partial charge in [-0.3, -0.25) is 9.89 Å². The summed E-state index contributed by atoms with van der Waals surface area (Å²) < 4.78 is 50.5. The number of anilines is 1. The monoisotopic (exact) mass is 273 g/mol. The van der Waals surface area contributed by atoms with E-state index in [4.69, 9.17) is 0 Å². The highest BCUT2D eigenvalue weighted by Crippen LogP contribution is 2.31. The summed E-state index contributed by atoms with van der Waals surface area (Å²) in [6, 6.07) is 2.04. The predicted octanol–water partition coefficient (Wildman–Crippen LogP) is 2.82. The summed E-state index contributed by atoms with van der Waals surface area (Å²) in [5, 5.41) is 8.30. The Morgan fingerprint density at radius 3 is 2.63 bits per heavy atom. The van der Waals surface area contributed by atoms with Gasteiger partial charge in [0.2, 0.25) is 0 Å². The van der Waals surface area contributed by atoms with Crippen molar-refractivity contribution in [2.45, 2.75) is 6.18 Å². The third-order valence-electron chi connectivity index (χ3n) is 2.29. The Hall–Kier alpha value is -2.38. The fourth-order valence-electron chi connectivity index (χ4n) is 1.41. The lowest BCUT2D eigenvalue weighted by Gasteiger charge is -2.09. The SMILES string of the molecule is O=C(Nc1cn[nH]c1)c1ccc(F)c(C(F)(F)F)c1. The maximum Gasteiger partial charge on any atom is 0.419 e. The molecule has 0 saturated carbocycles. The summed E-state index contributed by atoms with van der Waals surface area (Å²) in [6.45, 7) is 0. The van der Waals surface area contributed by atoms with Gasteiger partial charge in [-0.25, -0.2) is 4.39 Å². The Morgan fingerprint density at radius 2 is 2.05 bits per heavy atom. The molecule has 2 aromatic rings. The highest BCUT2D eigenvalue weighted by atomic mass is 19.4. The largest absolute Gasteiger partial charge is 0.419 e. The van der Waals surface area contributed by atoms with Crippen molar-refractivity contribution in [1.29, 1.82) is 0 Å². The maximum atomic E-state index is 13.0. The number of aromatic amines is 1. The number of carbonyl (C=O) groups is 1. The van der Waals surface area contributed by atoms with E-state index in [0.29, 0.717) is 17.8 Å². The first-order valence-corrected chi connectivity index (χ1v) is 5.05. The Morgan fingerprint density at radius 1 is 1.32 bits per heavy atom. The summed E-state index contributed by atoms with van der Waals surface area (Å²) in [5.74, 6) is -2.21. The summed E-state index contributed by atoms with van der Waals surface area (Å²) >= 11 is 0. The summed E-state index contributed by atoms with van der Waals surface area (Å²) in [5.41, 5.74) is -1.48. The highest BCUT2D eigenvalue weighted by molar-refractivity contribution is 6.04. The van der Waals surface area contributed by atoms with E-state index in [-0.39, 0.29) is 5.56 Å². The van der Waals surface area contributed by atoms with Crippen LogP contribution in [0.4, 0.5) is 23.2 Å². The van der Waals surface area contributed by atoms with Crippen LogP contribution in [0.25, 0.3) is 0 Å². The third kappa shape index (κ3) is 2.90. The molecule has 8 heteroatoms. The molecule has 0 atom stereocenters. The van der Waals surface area contributed by atoms with E-state index >= 15 is 0 Å². The number of rotatable bonds is 2. The Labute approximate surface area is 104 Å². The van der Waals surface area contributed by atoms with Gasteiger partial charge in [0, 0.05) is 11.8 Å². The molecule has 0 saturated heterocycles. The quantitative estimate of drug-likeness (QED) is 0.826. The molecule has 1 aromatic heterocycles. The topological polar surface area (TPSA) is 57.8 Å². The number of hydrogen-bond donors (Lipinski definition) is 2. The molecule has 0 bridgehead atoms. The lowest BCUT2D eigenvalue weighted by Crippen LogP contribution is -2.15. The van der Waals surface area contributed by atoms with Crippen LogP contribution in [0.5, 0.6) is 0 Å². The Balaban J connectivity index is 2.28. The lowest BCUT2D eigenvalue weighted by atomic mass is 10.1. The number of nitrogens with zero attached hydrogens (tertiary/aromatic N) is 1. The Kier molecular flexibility index (Phi) is 3.24. The molecule has 0 aliphatic rings. The molecule has 0 spiro atoms. The smallest absolute Gasteiger partial charge is 0.319 e. The van der Waals surface area contributed by atoms with E-state index in [9.17, 15) is 22.4 Å². The molecule has 0 fully saturated rings. The van der Waals surface area contributed by atoms with Gasteiger partial charge in [0.05, 0.1) is 17.4 Å². The van der Waals surface area contributed by atoms with Crippen LogP contribution in [0.15, 0.2) is 30.6 Å². The molecule has 1 aromatic carbocycles. The van der Waals surface area contributed by atoms with Crippen molar-refractivity contribution in [3.8, 4) is 0 Å². The van der Waals surface area contributed by atoms with Crippen molar-refractivity contribution in [2.75, 3.05) is 5.32 Å². The lowest BCUT2D eigenvalue weighted by molar-refractivity contribution is -0.140. The molecule has 0 unspecified atom stereocenters. The van der Waals surface area contributed by atoms with Gasteiger partial charge in [-0.2, -0.15) is 18.3 Å². The van der Waals surface area contributed by atoms with E-state index in [1.54, 1.807) is 0 Å². The van der Waals surface area contributed by atoms with Crippen LogP contribution >= 0.6 is 0 Å². The van der Waals surface area contributed by atoms with Gasteiger partial charge in [-0.05, 0) is 18.2 Å². The number of carbonyl (C=O) groups excluding carboxylic acids is 1. The number of amides is 1. The molecule has 1 amide bonds. The van der Waals surface area contributed by atoms with Crippen LogP contribution in [0.2, 0.25) is 0 Å². The number of aromatic nitrogens is 2. The van der Waals surface area contributed by atoms with Crippen LogP contribution in [-0.2, 0) is 6.18 Å². The molecule has 0 aliphatic carbocycles. The first-order chi connectivity index (χ1) is 8.88. The van der Waals surface area contributed by atoms with Gasteiger partial charge >= 0.3 is 6.18 Å². The van der Waals surface area contributed by atoms with Crippen molar-refractivity contribution in [1.82, 2.24) is 10.2 Å². The minimum atomic E-state index is -4.85. The molecule has 19 heavy (non-hydrogen) atoms. The molecule has 2 N–H and O–H groups in total. The zero-order chi connectivity index (χ0) is 14.0. The summed E-state index contributed by atoms with van der Waals surface area (Å²) in [4.78, 5) is 11.7. The third-order valence-corrected chi connectivity index (χ3v) is 2.29. The number of hydrogen-bond acceptors (Lipinski definition) is 2. The van der Waals surface area contributed by atoms with Gasteiger partial charge in [0.15, 0.2) is 0 Å². The molecular weight excluding hydrogens is 266 g/mol. The van der Waals surface area contributed by atoms with Crippen LogP contribution in [0.1, 0.15) is 15.9 Å². The fourth-order valence-corrected chi connectivity index (χ4v) is 1.41. The molecule has 2 rings (SSSR count). The number of H-pyrrole nitrogens is 1. The number of halogens is 4. The standard InChI is InChI=1S/C11H7F4N3O/c12-9-2-1-6(3-8(9)11(13,14)15)10(19)18-7-4-16-17-5-7/h1-5H,(H,16,17)(H,18,19). The molecule has 0 radical (unpaired) electrons. The summed E-state index contributed by atoms with van der Waals surface area (Å²) in [6.07, 6.45) is -2.21. The summed E-state index contributed by atoms with van der Waals surface area (Å²) in [7, 11) is 0. The average Bonchev–Trinajstić information content (AvgIpc) is 2.80. The van der Waals surface area contributed by atoms with Gasteiger partial charge in [-0.15, -0.1) is 0 Å². The molecule has 0 aliphatic heterocycles. The van der Waals surface area contributed by atoms with E-state index in [2.05, 4.69) is 15.5 Å². The van der Waals surface area contributed by atoms with Crippen molar-refractivity contribution in [2.24, 2.45) is 0 Å². The second-order valence-corrected chi connectivity index (χ2v) is 3.63. The fraction of sp³-hybridized carbons (Fsp3) is 0.0909. The first kappa shape index (κ1) is 13.1. The molecule has 4 nitrogen and oxygen atoms in total. The van der Waals surface area contributed by atoms with E-state index in [0.717, 1.165) is 6.07 Å². The van der Waals surface area contributed by atoms with Crippen LogP contribution in [0.3, 0.4) is 0 Å². The van der Waals surface area contributed by atoms with Gasteiger partial charge < -0.3 is 5.32 Å². The first-order valence-electron chi connectivity index (χ1n) is 5.05. The van der Waals surface area contributed by atoms with Gasteiger partial charge in [-0.1, -0.05) is 0 Å². The minimum Gasteiger partial charge on any atom is -0.319 e. The highest BCUT2D eigenvalue weighted by Gasteiger charge is 2.34. The second-order valence-electron chi connectivity index (χ2n) is 3.63. The van der Waals surface area contributed by atoms with Gasteiger partial charge in [0.1, 0.15) is 5.82 Å². The van der Waals surface area contributed by atoms with Crippen LogP contribution in [0, 0.1) is 5.82 Å². The van der Waals surface area contributed by atoms with E-state index in [1.165, 1.54) is 12.4 Å².